The number of hydrogen-bond acceptors (Lipinski definition) is 2. The van der Waals surface area contributed by atoms with Gasteiger partial charge < -0.3 is 0 Å². The lowest BCUT2D eigenvalue weighted by atomic mass is 10.2. The van der Waals surface area contributed by atoms with Crippen molar-refractivity contribution in [2.24, 2.45) is 0 Å². The highest BCUT2D eigenvalue weighted by Crippen LogP contribution is 2.20. The van der Waals surface area contributed by atoms with Crippen molar-refractivity contribution >= 4 is 42.1 Å². The van der Waals surface area contributed by atoms with Crippen LogP contribution in [-0.4, -0.2) is 18.9 Å². The number of rotatable bonds is 4. The number of benzene rings is 2. The molecule has 0 unspecified atom stereocenters. The van der Waals surface area contributed by atoms with Crippen molar-refractivity contribution in [2.75, 3.05) is 0 Å². The highest BCUT2D eigenvalue weighted by atomic mass is 35.5. The summed E-state index contributed by atoms with van der Waals surface area (Å²) in [5, 5.41) is 0.934. The summed E-state index contributed by atoms with van der Waals surface area (Å²) in [6, 6.07) is 13.3. The first-order valence-corrected chi connectivity index (χ1v) is 10.2. The Bertz CT molecular complexity index is 617. The minimum atomic E-state index is -2.79. The van der Waals surface area contributed by atoms with Crippen molar-refractivity contribution in [3.05, 3.63) is 69.7 Å². The zero-order chi connectivity index (χ0) is 15.6. The second kappa shape index (κ2) is 6.14. The molecule has 0 radical (unpaired) electrons. The summed E-state index contributed by atoms with van der Waals surface area (Å²) >= 11 is 11.6. The predicted octanol–water partition coefficient (Wildman–Crippen LogP) is 4.85. The summed E-state index contributed by atoms with van der Waals surface area (Å²) in [6.07, 6.45) is 0. The van der Waals surface area contributed by atoms with Gasteiger partial charge in [-0.2, -0.15) is 0 Å². The molecule has 0 aromatic heterocycles. The molecular formula is C16H14Cl2O2Si. The molecule has 0 aliphatic carbocycles. The fraction of sp³-hybridized carbons (Fsp3) is 0.125. The Morgan fingerprint density at radius 1 is 0.714 bits per heavy atom. The minimum absolute atomic E-state index is 0.0980. The van der Waals surface area contributed by atoms with Crippen LogP contribution in [0, 0.1) is 0 Å². The zero-order valence-corrected chi connectivity index (χ0v) is 14.2. The van der Waals surface area contributed by atoms with Crippen LogP contribution in [0.25, 0.3) is 0 Å². The average Bonchev–Trinajstić information content (AvgIpc) is 2.47. The topological polar surface area (TPSA) is 34.1 Å². The summed E-state index contributed by atoms with van der Waals surface area (Å²) < 4.78 is 0. The summed E-state index contributed by atoms with van der Waals surface area (Å²) in [5.74, 6) is 0. The molecule has 0 heterocycles. The maximum absolute atomic E-state index is 12.6. The average molecular weight is 337 g/mol. The SMILES string of the molecule is C[Si](C)(C(=O)c1ccc(Cl)cc1)C(=O)c1ccc(Cl)cc1. The largest absolute Gasteiger partial charge is 0.299 e. The van der Waals surface area contributed by atoms with Gasteiger partial charge in [-0.1, -0.05) is 60.6 Å². The van der Waals surface area contributed by atoms with E-state index in [-0.39, 0.29) is 10.8 Å². The summed E-state index contributed by atoms with van der Waals surface area (Å²) in [6.45, 7) is 3.53. The molecular weight excluding hydrogens is 323 g/mol. The van der Waals surface area contributed by atoms with E-state index in [0.717, 1.165) is 0 Å². The number of carbonyl (C=O) groups excluding carboxylic acids is 2. The van der Waals surface area contributed by atoms with Crippen LogP contribution in [0.2, 0.25) is 23.1 Å². The van der Waals surface area contributed by atoms with Gasteiger partial charge in [-0.05, 0) is 24.3 Å². The van der Waals surface area contributed by atoms with Gasteiger partial charge in [0.15, 0.2) is 0 Å². The Hall–Kier alpha value is -1.42. The first kappa shape index (κ1) is 16.0. The summed E-state index contributed by atoms with van der Waals surface area (Å²) in [5.41, 5.74) is 1.05. The van der Waals surface area contributed by atoms with E-state index in [4.69, 9.17) is 23.2 Å². The maximum atomic E-state index is 12.6. The molecule has 2 rings (SSSR count). The van der Waals surface area contributed by atoms with Crippen molar-refractivity contribution in [1.82, 2.24) is 0 Å². The number of halogens is 2. The van der Waals surface area contributed by atoms with Crippen molar-refractivity contribution in [1.29, 1.82) is 0 Å². The number of hydrogen-bond donors (Lipinski definition) is 0. The Kier molecular flexibility index (Phi) is 4.66. The second-order valence-electron chi connectivity index (χ2n) is 5.30. The zero-order valence-electron chi connectivity index (χ0n) is 11.7. The highest BCUT2D eigenvalue weighted by Gasteiger charge is 2.40. The molecule has 5 heteroatoms. The molecule has 0 aliphatic rings. The fourth-order valence-corrected chi connectivity index (χ4v) is 4.26. The quantitative estimate of drug-likeness (QED) is 0.748. The van der Waals surface area contributed by atoms with Gasteiger partial charge in [-0.3, -0.25) is 9.59 Å². The lowest BCUT2D eigenvalue weighted by Crippen LogP contribution is -2.46. The first-order valence-electron chi connectivity index (χ1n) is 6.43. The molecule has 0 saturated heterocycles. The maximum Gasteiger partial charge on any atom is 0.214 e. The molecule has 0 atom stereocenters. The lowest BCUT2D eigenvalue weighted by molar-refractivity contribution is 0.102. The summed E-state index contributed by atoms with van der Waals surface area (Å²) in [7, 11) is -2.79. The fourth-order valence-electron chi connectivity index (χ4n) is 2.03. The van der Waals surface area contributed by atoms with E-state index in [1.165, 1.54) is 0 Å². The van der Waals surface area contributed by atoms with Crippen LogP contribution in [0.3, 0.4) is 0 Å². The highest BCUT2D eigenvalue weighted by molar-refractivity contribution is 7.26. The van der Waals surface area contributed by atoms with Gasteiger partial charge in [0.1, 0.15) is 10.8 Å². The van der Waals surface area contributed by atoms with E-state index >= 15 is 0 Å². The molecule has 0 bridgehead atoms. The van der Waals surface area contributed by atoms with E-state index in [1.807, 2.05) is 0 Å². The molecule has 21 heavy (non-hydrogen) atoms. The Labute approximate surface area is 134 Å². The van der Waals surface area contributed by atoms with Crippen LogP contribution in [0.15, 0.2) is 48.5 Å². The van der Waals surface area contributed by atoms with Crippen molar-refractivity contribution in [3.63, 3.8) is 0 Å². The second-order valence-corrected chi connectivity index (χ2v) is 10.3. The molecule has 0 fully saturated rings. The van der Waals surface area contributed by atoms with E-state index in [2.05, 4.69) is 0 Å². The van der Waals surface area contributed by atoms with Crippen LogP contribution in [0.4, 0.5) is 0 Å². The molecule has 0 amide bonds. The Morgan fingerprint density at radius 2 is 1.00 bits per heavy atom. The third-order valence-corrected chi connectivity index (χ3v) is 6.70. The van der Waals surface area contributed by atoms with E-state index in [9.17, 15) is 9.59 Å². The van der Waals surface area contributed by atoms with Gasteiger partial charge in [-0.25, -0.2) is 0 Å². The standard InChI is InChI=1S/C16H14Cl2O2Si/c1-21(2,15(19)11-3-7-13(17)8-4-11)16(20)12-5-9-14(18)10-6-12/h3-10H,1-2H3. The molecule has 108 valence electrons. The minimum Gasteiger partial charge on any atom is -0.299 e. The van der Waals surface area contributed by atoms with Crippen LogP contribution < -0.4 is 0 Å². The normalized spacial score (nSPS) is 11.2. The van der Waals surface area contributed by atoms with Crippen LogP contribution in [-0.2, 0) is 0 Å². The summed E-state index contributed by atoms with van der Waals surface area (Å²) in [4.78, 5) is 25.3. The monoisotopic (exact) mass is 336 g/mol. The molecule has 2 nitrogen and oxygen atoms in total. The van der Waals surface area contributed by atoms with Crippen LogP contribution in [0.5, 0.6) is 0 Å². The van der Waals surface area contributed by atoms with Crippen molar-refractivity contribution < 1.29 is 9.59 Å². The number of carbonyl (C=O) groups is 2. The molecule has 2 aromatic rings. The van der Waals surface area contributed by atoms with Crippen molar-refractivity contribution in [2.45, 2.75) is 13.1 Å². The van der Waals surface area contributed by atoms with Crippen LogP contribution in [0.1, 0.15) is 20.7 Å². The smallest absolute Gasteiger partial charge is 0.214 e. The Morgan fingerprint density at radius 3 is 1.29 bits per heavy atom. The molecule has 0 N–H and O–H groups in total. The van der Waals surface area contributed by atoms with E-state index in [1.54, 1.807) is 61.6 Å². The van der Waals surface area contributed by atoms with Gasteiger partial charge in [-0.15, -0.1) is 0 Å². The molecule has 0 spiro atoms. The van der Waals surface area contributed by atoms with Gasteiger partial charge >= 0.3 is 0 Å². The van der Waals surface area contributed by atoms with Gasteiger partial charge in [0.25, 0.3) is 0 Å². The van der Waals surface area contributed by atoms with Gasteiger partial charge in [0.2, 0.25) is 8.07 Å². The van der Waals surface area contributed by atoms with Gasteiger partial charge in [0, 0.05) is 21.2 Å². The van der Waals surface area contributed by atoms with Gasteiger partial charge in [0.05, 0.1) is 0 Å². The Balaban J connectivity index is 2.32. The first-order chi connectivity index (χ1) is 9.82. The van der Waals surface area contributed by atoms with E-state index < -0.39 is 8.07 Å². The third-order valence-electron chi connectivity index (χ3n) is 3.35. The van der Waals surface area contributed by atoms with Crippen LogP contribution >= 0.6 is 23.2 Å². The molecule has 0 saturated carbocycles. The van der Waals surface area contributed by atoms with Crippen molar-refractivity contribution in [3.8, 4) is 0 Å². The third kappa shape index (κ3) is 3.43. The lowest BCUT2D eigenvalue weighted by Gasteiger charge is -2.19. The molecule has 0 aliphatic heterocycles. The van der Waals surface area contributed by atoms with E-state index in [0.29, 0.717) is 21.2 Å². The predicted molar refractivity (Wildman–Crippen MR) is 89.0 cm³/mol. The molecule has 2 aromatic carbocycles.